The van der Waals surface area contributed by atoms with E-state index in [0.29, 0.717) is 13.0 Å². The number of nitrogens with two attached hydrogens (primary N) is 1. The summed E-state index contributed by atoms with van der Waals surface area (Å²) < 4.78 is 4.96. The first-order valence-electron chi connectivity index (χ1n) is 5.20. The number of hydrogen-bond acceptors (Lipinski definition) is 3. The SMILES string of the molecule is CCCOC(=O)[C@H](N)Cc1ccccc1. The van der Waals surface area contributed by atoms with Gasteiger partial charge in [-0.3, -0.25) is 4.79 Å². The van der Waals surface area contributed by atoms with E-state index >= 15 is 0 Å². The van der Waals surface area contributed by atoms with Gasteiger partial charge in [0.15, 0.2) is 0 Å². The lowest BCUT2D eigenvalue weighted by molar-refractivity contribution is -0.145. The summed E-state index contributed by atoms with van der Waals surface area (Å²) in [6.45, 7) is 2.40. The highest BCUT2D eigenvalue weighted by Gasteiger charge is 2.14. The van der Waals surface area contributed by atoms with Crippen molar-refractivity contribution in [2.45, 2.75) is 25.8 Å². The minimum Gasteiger partial charge on any atom is -0.465 e. The first kappa shape index (κ1) is 11.7. The molecule has 1 atom stereocenters. The predicted molar refractivity (Wildman–Crippen MR) is 59.4 cm³/mol. The van der Waals surface area contributed by atoms with Gasteiger partial charge in [-0.2, -0.15) is 0 Å². The van der Waals surface area contributed by atoms with Crippen molar-refractivity contribution in [1.82, 2.24) is 0 Å². The van der Waals surface area contributed by atoms with Gasteiger partial charge < -0.3 is 10.5 Å². The Morgan fingerprint density at radius 2 is 2.07 bits per heavy atom. The van der Waals surface area contributed by atoms with Crippen LogP contribution >= 0.6 is 0 Å². The topological polar surface area (TPSA) is 52.3 Å². The molecule has 0 heterocycles. The summed E-state index contributed by atoms with van der Waals surface area (Å²) in [5, 5.41) is 0. The third-order valence-corrected chi connectivity index (χ3v) is 2.05. The number of ether oxygens (including phenoxy) is 1. The van der Waals surface area contributed by atoms with E-state index < -0.39 is 6.04 Å². The van der Waals surface area contributed by atoms with Crippen LogP contribution in [0.25, 0.3) is 0 Å². The normalized spacial score (nSPS) is 12.1. The fourth-order valence-electron chi connectivity index (χ4n) is 1.26. The molecule has 0 aliphatic heterocycles. The number of rotatable bonds is 5. The lowest BCUT2D eigenvalue weighted by Gasteiger charge is -2.10. The van der Waals surface area contributed by atoms with E-state index in [2.05, 4.69) is 0 Å². The van der Waals surface area contributed by atoms with Crippen molar-refractivity contribution in [2.24, 2.45) is 5.73 Å². The van der Waals surface area contributed by atoms with Gasteiger partial charge in [0.25, 0.3) is 0 Å². The van der Waals surface area contributed by atoms with Crippen molar-refractivity contribution in [3.05, 3.63) is 35.9 Å². The zero-order chi connectivity index (χ0) is 11.1. The Morgan fingerprint density at radius 1 is 1.40 bits per heavy atom. The van der Waals surface area contributed by atoms with Gasteiger partial charge in [0.1, 0.15) is 6.04 Å². The second kappa shape index (κ2) is 6.19. The van der Waals surface area contributed by atoms with Crippen LogP contribution < -0.4 is 5.73 Å². The quantitative estimate of drug-likeness (QED) is 0.744. The molecule has 15 heavy (non-hydrogen) atoms. The fraction of sp³-hybridized carbons (Fsp3) is 0.417. The molecule has 0 unspecified atom stereocenters. The van der Waals surface area contributed by atoms with Crippen LogP contribution in [0.2, 0.25) is 0 Å². The Hall–Kier alpha value is -1.35. The lowest BCUT2D eigenvalue weighted by atomic mass is 10.1. The fourth-order valence-corrected chi connectivity index (χ4v) is 1.26. The van der Waals surface area contributed by atoms with Gasteiger partial charge in [-0.25, -0.2) is 0 Å². The van der Waals surface area contributed by atoms with Crippen molar-refractivity contribution < 1.29 is 9.53 Å². The summed E-state index contributed by atoms with van der Waals surface area (Å²) in [7, 11) is 0. The van der Waals surface area contributed by atoms with Crippen molar-refractivity contribution >= 4 is 5.97 Å². The number of benzene rings is 1. The molecule has 82 valence electrons. The average molecular weight is 207 g/mol. The maximum absolute atomic E-state index is 11.4. The summed E-state index contributed by atoms with van der Waals surface area (Å²) >= 11 is 0. The standard InChI is InChI=1S/C12H17NO2/c1-2-8-15-12(14)11(13)9-10-6-4-3-5-7-10/h3-7,11H,2,8-9,13H2,1H3/t11-/m1/s1. The molecule has 0 amide bonds. The van der Waals surface area contributed by atoms with E-state index in [-0.39, 0.29) is 5.97 Å². The van der Waals surface area contributed by atoms with E-state index in [4.69, 9.17) is 10.5 Å². The Morgan fingerprint density at radius 3 is 2.67 bits per heavy atom. The molecule has 0 aliphatic carbocycles. The molecule has 1 aromatic rings. The Bertz CT molecular complexity index is 298. The predicted octanol–water partition coefficient (Wildman–Crippen LogP) is 1.51. The van der Waals surface area contributed by atoms with Crippen LogP contribution in [0.15, 0.2) is 30.3 Å². The number of esters is 1. The number of carbonyl (C=O) groups excluding carboxylic acids is 1. The molecule has 0 spiro atoms. The van der Waals surface area contributed by atoms with Crippen molar-refractivity contribution in [1.29, 1.82) is 0 Å². The molecule has 2 N–H and O–H groups in total. The highest BCUT2D eigenvalue weighted by molar-refractivity contribution is 5.75. The van der Waals surface area contributed by atoms with Gasteiger partial charge in [-0.15, -0.1) is 0 Å². The Kier molecular flexibility index (Phi) is 4.84. The van der Waals surface area contributed by atoms with Crippen LogP contribution in [0, 0.1) is 0 Å². The molecule has 0 bridgehead atoms. The molecule has 3 heteroatoms. The first-order valence-corrected chi connectivity index (χ1v) is 5.20. The molecule has 0 fully saturated rings. The van der Waals surface area contributed by atoms with Crippen LogP contribution in [0.5, 0.6) is 0 Å². The Labute approximate surface area is 90.2 Å². The number of hydrogen-bond donors (Lipinski definition) is 1. The largest absolute Gasteiger partial charge is 0.465 e. The van der Waals surface area contributed by atoms with Crippen LogP contribution in [0.3, 0.4) is 0 Å². The Balaban J connectivity index is 2.41. The lowest BCUT2D eigenvalue weighted by Crippen LogP contribution is -2.34. The van der Waals surface area contributed by atoms with Crippen LogP contribution in [-0.4, -0.2) is 18.6 Å². The van der Waals surface area contributed by atoms with E-state index in [1.807, 2.05) is 37.3 Å². The molecule has 0 saturated carbocycles. The molecular formula is C12H17NO2. The van der Waals surface area contributed by atoms with E-state index in [9.17, 15) is 4.79 Å². The van der Waals surface area contributed by atoms with Crippen molar-refractivity contribution in [3.8, 4) is 0 Å². The van der Waals surface area contributed by atoms with Gasteiger partial charge in [-0.1, -0.05) is 37.3 Å². The van der Waals surface area contributed by atoms with E-state index in [1.165, 1.54) is 0 Å². The maximum Gasteiger partial charge on any atom is 0.323 e. The van der Waals surface area contributed by atoms with Gasteiger partial charge in [0.2, 0.25) is 0 Å². The average Bonchev–Trinajstić information content (AvgIpc) is 2.27. The summed E-state index contributed by atoms with van der Waals surface area (Å²) in [6.07, 6.45) is 1.35. The van der Waals surface area contributed by atoms with Crippen molar-refractivity contribution in [3.63, 3.8) is 0 Å². The highest BCUT2D eigenvalue weighted by Crippen LogP contribution is 2.02. The molecule has 0 aromatic heterocycles. The zero-order valence-corrected chi connectivity index (χ0v) is 8.98. The number of carbonyl (C=O) groups is 1. The third-order valence-electron chi connectivity index (χ3n) is 2.05. The zero-order valence-electron chi connectivity index (χ0n) is 8.98. The second-order valence-corrected chi connectivity index (χ2v) is 3.46. The molecule has 0 saturated heterocycles. The van der Waals surface area contributed by atoms with Gasteiger partial charge in [0, 0.05) is 0 Å². The van der Waals surface area contributed by atoms with Gasteiger partial charge >= 0.3 is 5.97 Å². The van der Waals surface area contributed by atoms with Gasteiger partial charge in [0.05, 0.1) is 6.61 Å². The monoisotopic (exact) mass is 207 g/mol. The summed E-state index contributed by atoms with van der Waals surface area (Å²) in [5.74, 6) is -0.319. The first-order chi connectivity index (χ1) is 7.24. The van der Waals surface area contributed by atoms with Crippen LogP contribution in [-0.2, 0) is 16.0 Å². The van der Waals surface area contributed by atoms with E-state index in [0.717, 1.165) is 12.0 Å². The summed E-state index contributed by atoms with van der Waals surface area (Å²) in [6, 6.07) is 9.14. The summed E-state index contributed by atoms with van der Waals surface area (Å²) in [5.41, 5.74) is 6.77. The second-order valence-electron chi connectivity index (χ2n) is 3.46. The smallest absolute Gasteiger partial charge is 0.323 e. The molecule has 3 nitrogen and oxygen atoms in total. The third kappa shape index (κ3) is 4.13. The minimum absolute atomic E-state index is 0.319. The highest BCUT2D eigenvalue weighted by atomic mass is 16.5. The molecule has 0 aliphatic rings. The maximum atomic E-state index is 11.4. The van der Waals surface area contributed by atoms with Crippen molar-refractivity contribution in [2.75, 3.05) is 6.61 Å². The minimum atomic E-state index is -0.557. The van der Waals surface area contributed by atoms with Gasteiger partial charge in [-0.05, 0) is 18.4 Å². The van der Waals surface area contributed by atoms with Crippen LogP contribution in [0.4, 0.5) is 0 Å². The molecule has 1 rings (SSSR count). The van der Waals surface area contributed by atoms with E-state index in [1.54, 1.807) is 0 Å². The molecular weight excluding hydrogens is 190 g/mol. The molecule has 0 radical (unpaired) electrons. The molecule has 1 aromatic carbocycles. The summed E-state index contributed by atoms with van der Waals surface area (Å²) in [4.78, 5) is 11.4. The van der Waals surface area contributed by atoms with Crippen LogP contribution in [0.1, 0.15) is 18.9 Å².